The molecule has 23 heavy (non-hydrogen) atoms. The summed E-state index contributed by atoms with van der Waals surface area (Å²) in [5.74, 6) is 2.28. The van der Waals surface area contributed by atoms with Crippen molar-refractivity contribution in [1.29, 1.82) is 0 Å². The van der Waals surface area contributed by atoms with Gasteiger partial charge in [0, 0.05) is 25.8 Å². The van der Waals surface area contributed by atoms with Crippen molar-refractivity contribution < 1.29 is 4.74 Å². The molecule has 2 saturated heterocycles. The molecule has 0 amide bonds. The summed E-state index contributed by atoms with van der Waals surface area (Å²) in [7, 11) is 0. The van der Waals surface area contributed by atoms with Gasteiger partial charge in [0.15, 0.2) is 5.65 Å². The lowest BCUT2D eigenvalue weighted by atomic mass is 9.90. The van der Waals surface area contributed by atoms with Crippen molar-refractivity contribution in [3.05, 3.63) is 23.7 Å². The molecule has 4 rings (SSSR count). The van der Waals surface area contributed by atoms with E-state index >= 15 is 0 Å². The van der Waals surface area contributed by atoms with Gasteiger partial charge in [-0.05, 0) is 55.8 Å². The van der Waals surface area contributed by atoms with Crippen LogP contribution >= 0.6 is 24.8 Å². The van der Waals surface area contributed by atoms with Gasteiger partial charge in [-0.2, -0.15) is 0 Å². The topological polar surface area (TPSA) is 62.8 Å². The van der Waals surface area contributed by atoms with Gasteiger partial charge in [-0.1, -0.05) is 0 Å². The maximum absolute atomic E-state index is 5.46. The number of aromatic nitrogens is 3. The van der Waals surface area contributed by atoms with Crippen LogP contribution in [0.2, 0.25) is 0 Å². The number of rotatable bonds is 3. The van der Waals surface area contributed by atoms with Crippen LogP contribution in [0.5, 0.6) is 0 Å². The van der Waals surface area contributed by atoms with Crippen LogP contribution < -0.4 is 5.32 Å². The first-order chi connectivity index (χ1) is 10.4. The summed E-state index contributed by atoms with van der Waals surface area (Å²) in [6.45, 7) is 3.96. The fourth-order valence-corrected chi connectivity index (χ4v) is 3.55. The molecule has 0 radical (unpaired) electrons. The predicted octanol–water partition coefficient (Wildman–Crippen LogP) is 2.85. The van der Waals surface area contributed by atoms with Crippen molar-refractivity contribution in [1.82, 2.24) is 20.3 Å². The minimum Gasteiger partial charge on any atom is -0.381 e. The van der Waals surface area contributed by atoms with Crippen molar-refractivity contribution in [3.8, 4) is 0 Å². The number of nitrogens with one attached hydrogen (secondary N) is 2. The number of hydrogen-bond donors (Lipinski definition) is 2. The lowest BCUT2D eigenvalue weighted by molar-refractivity contribution is 0.185. The molecule has 2 N–H and O–H groups in total. The van der Waals surface area contributed by atoms with E-state index in [-0.39, 0.29) is 24.8 Å². The second-order valence-electron chi connectivity index (χ2n) is 6.24. The Morgan fingerprint density at radius 2 is 2.00 bits per heavy atom. The first-order valence-corrected chi connectivity index (χ1v) is 8.02. The molecular weight excluding hydrogens is 335 g/mol. The predicted molar refractivity (Wildman–Crippen MR) is 95.9 cm³/mol. The van der Waals surface area contributed by atoms with E-state index in [9.17, 15) is 0 Å². The van der Waals surface area contributed by atoms with Crippen LogP contribution in [0.1, 0.15) is 36.6 Å². The molecule has 2 fully saturated rings. The first kappa shape index (κ1) is 18.5. The third kappa shape index (κ3) is 3.97. The highest BCUT2D eigenvalue weighted by molar-refractivity contribution is 5.85. The highest BCUT2D eigenvalue weighted by Crippen LogP contribution is 2.30. The van der Waals surface area contributed by atoms with E-state index in [1.165, 1.54) is 18.4 Å². The van der Waals surface area contributed by atoms with Crippen molar-refractivity contribution in [3.63, 3.8) is 0 Å². The van der Waals surface area contributed by atoms with E-state index < -0.39 is 0 Å². The number of ether oxygens (including phenoxy) is 1. The van der Waals surface area contributed by atoms with E-state index in [1.54, 1.807) is 0 Å². The number of nitrogens with zero attached hydrogens (tertiary/aromatic N) is 2. The molecule has 0 bridgehead atoms. The third-order valence-corrected chi connectivity index (χ3v) is 4.75. The van der Waals surface area contributed by atoms with Gasteiger partial charge in [0.25, 0.3) is 0 Å². The Balaban J connectivity index is 0.000000960. The zero-order valence-electron chi connectivity index (χ0n) is 13.1. The van der Waals surface area contributed by atoms with Gasteiger partial charge in [0.2, 0.25) is 0 Å². The number of aromatic amines is 1. The van der Waals surface area contributed by atoms with Gasteiger partial charge in [0.05, 0.1) is 0 Å². The van der Waals surface area contributed by atoms with Gasteiger partial charge in [-0.25, -0.2) is 9.97 Å². The van der Waals surface area contributed by atoms with Crippen molar-refractivity contribution in [2.75, 3.05) is 26.3 Å². The molecule has 4 heterocycles. The van der Waals surface area contributed by atoms with Crippen LogP contribution in [0.25, 0.3) is 11.2 Å². The van der Waals surface area contributed by atoms with Crippen molar-refractivity contribution >= 4 is 36.0 Å². The summed E-state index contributed by atoms with van der Waals surface area (Å²) >= 11 is 0. The average Bonchev–Trinajstić information content (AvgIpc) is 3.17. The Morgan fingerprint density at radius 1 is 1.17 bits per heavy atom. The highest BCUT2D eigenvalue weighted by atomic mass is 35.5. The van der Waals surface area contributed by atoms with Gasteiger partial charge < -0.3 is 15.0 Å². The molecule has 5 nitrogen and oxygen atoms in total. The monoisotopic (exact) mass is 358 g/mol. The lowest BCUT2D eigenvalue weighted by Gasteiger charge is -2.22. The van der Waals surface area contributed by atoms with Crippen LogP contribution in [0, 0.1) is 5.92 Å². The lowest BCUT2D eigenvalue weighted by Crippen LogP contribution is -2.26. The second-order valence-corrected chi connectivity index (χ2v) is 6.24. The standard InChI is InChI=1S/C16H22N4O.2ClH/c1-5-17-6-2-12(1)13-3-7-18-16-15(13)19-14(20-16)9-11-4-8-21-10-11;;/h3,7,11-12,17H,1-2,4-6,8-10H2,(H,18,19,20);2*1H/t11-;;/m0../s1. The molecule has 2 aromatic rings. The molecule has 7 heteroatoms. The fourth-order valence-electron chi connectivity index (χ4n) is 3.55. The van der Waals surface area contributed by atoms with Crippen LogP contribution in [0.3, 0.4) is 0 Å². The SMILES string of the molecule is Cl.Cl.c1cc(C2CCNCC2)c2nc(C[C@@H]3CCOC3)[nH]c2n1. The van der Waals surface area contributed by atoms with Crippen LogP contribution in [0.4, 0.5) is 0 Å². The number of halogens is 2. The van der Waals surface area contributed by atoms with E-state index in [1.807, 2.05) is 6.20 Å². The number of pyridine rings is 1. The summed E-state index contributed by atoms with van der Waals surface area (Å²) in [6.07, 6.45) is 6.42. The van der Waals surface area contributed by atoms with E-state index in [2.05, 4.69) is 21.4 Å². The quantitative estimate of drug-likeness (QED) is 0.885. The third-order valence-electron chi connectivity index (χ3n) is 4.75. The Kier molecular flexibility index (Phi) is 6.65. The van der Waals surface area contributed by atoms with Crippen LogP contribution in [0.15, 0.2) is 12.3 Å². The van der Waals surface area contributed by atoms with Gasteiger partial charge >= 0.3 is 0 Å². The molecular formula is C16H24Cl2N4O. The Morgan fingerprint density at radius 3 is 2.74 bits per heavy atom. The van der Waals surface area contributed by atoms with Gasteiger partial charge in [-0.15, -0.1) is 24.8 Å². The molecule has 0 unspecified atom stereocenters. The first-order valence-electron chi connectivity index (χ1n) is 8.02. The maximum Gasteiger partial charge on any atom is 0.157 e. The molecule has 1 atom stereocenters. The largest absolute Gasteiger partial charge is 0.381 e. The molecule has 0 spiro atoms. The molecule has 2 aliphatic rings. The number of fused-ring (bicyclic) bond motifs is 1. The highest BCUT2D eigenvalue weighted by Gasteiger charge is 2.21. The minimum atomic E-state index is 0. The van der Waals surface area contributed by atoms with Crippen molar-refractivity contribution in [2.24, 2.45) is 5.92 Å². The Labute approximate surface area is 148 Å². The zero-order chi connectivity index (χ0) is 14.1. The van der Waals surface area contributed by atoms with Crippen LogP contribution in [-0.4, -0.2) is 41.3 Å². The zero-order valence-corrected chi connectivity index (χ0v) is 14.7. The number of piperidine rings is 1. The number of hydrogen-bond acceptors (Lipinski definition) is 4. The molecule has 128 valence electrons. The van der Waals surface area contributed by atoms with E-state index in [0.717, 1.165) is 56.1 Å². The minimum absolute atomic E-state index is 0. The number of imidazole rings is 1. The molecule has 2 aromatic heterocycles. The number of H-pyrrole nitrogens is 1. The summed E-state index contributed by atoms with van der Waals surface area (Å²) in [5, 5.41) is 3.43. The summed E-state index contributed by atoms with van der Waals surface area (Å²) in [5.41, 5.74) is 3.39. The Bertz CT molecular complexity index is 622. The van der Waals surface area contributed by atoms with Gasteiger partial charge in [-0.3, -0.25) is 0 Å². The fraction of sp³-hybridized carbons (Fsp3) is 0.625. The molecule has 0 aliphatic carbocycles. The maximum atomic E-state index is 5.46. The molecule has 0 aromatic carbocycles. The summed E-state index contributed by atoms with van der Waals surface area (Å²) < 4.78 is 5.46. The summed E-state index contributed by atoms with van der Waals surface area (Å²) in [6, 6.07) is 2.15. The van der Waals surface area contributed by atoms with E-state index in [4.69, 9.17) is 9.72 Å². The van der Waals surface area contributed by atoms with Crippen LogP contribution in [-0.2, 0) is 11.2 Å². The summed E-state index contributed by atoms with van der Waals surface area (Å²) in [4.78, 5) is 12.7. The molecule has 0 saturated carbocycles. The van der Waals surface area contributed by atoms with Gasteiger partial charge in [0.1, 0.15) is 11.3 Å². The van der Waals surface area contributed by atoms with Crippen molar-refractivity contribution in [2.45, 2.75) is 31.6 Å². The smallest absolute Gasteiger partial charge is 0.157 e. The average molecular weight is 359 g/mol. The van der Waals surface area contributed by atoms with E-state index in [0.29, 0.717) is 11.8 Å². The molecule has 2 aliphatic heterocycles. The normalized spacial score (nSPS) is 21.8. The second kappa shape index (κ2) is 8.29. The Hall–Kier alpha value is -0.880.